The van der Waals surface area contributed by atoms with Crippen molar-refractivity contribution >= 4 is 46.1 Å². The number of carbonyl (C=O) groups is 2. The minimum absolute atomic E-state index is 0.0588. The highest BCUT2D eigenvalue weighted by molar-refractivity contribution is 7.15. The largest absolute Gasteiger partial charge is 0.497 e. The van der Waals surface area contributed by atoms with Crippen LogP contribution in [-0.4, -0.2) is 48.5 Å². The van der Waals surface area contributed by atoms with E-state index in [-0.39, 0.29) is 18.9 Å². The van der Waals surface area contributed by atoms with Crippen LogP contribution in [0, 0.1) is 0 Å². The molecular weight excluding hydrogens is 542 g/mol. The fraction of sp³-hybridized carbons (Fsp3) is 0.148. The first kappa shape index (κ1) is 27.6. The number of nitrogens with one attached hydrogen (secondary N) is 2. The number of carbonyl (C=O) groups excluding carboxylic acids is 2. The molecule has 0 atom stereocenters. The highest BCUT2D eigenvalue weighted by atomic mass is 35.5. The summed E-state index contributed by atoms with van der Waals surface area (Å²) in [5.74, 6) is 1.18. The van der Waals surface area contributed by atoms with E-state index in [1.165, 1.54) is 6.21 Å². The number of benzene rings is 3. The first-order valence-electron chi connectivity index (χ1n) is 11.7. The summed E-state index contributed by atoms with van der Waals surface area (Å²) in [6.45, 7) is 0.574. The molecule has 4 rings (SSSR count). The standard InChI is InChI=1S/C27H24ClN5O5S/c1-36-21-8-5-9-22(15-21)37-12-13-38-23-11-10-20(28)14-19(23)17-29-31-24(34)16-25-32-33-27(39-25)30-26(35)18-6-3-2-4-7-18/h2-11,14-15,17H,12-13,16H2,1H3,(H,31,34)(H,30,33,35). The van der Waals surface area contributed by atoms with Gasteiger partial charge in [-0.05, 0) is 42.5 Å². The Kier molecular flexibility index (Phi) is 9.81. The zero-order chi connectivity index (χ0) is 27.5. The normalized spacial score (nSPS) is 10.7. The van der Waals surface area contributed by atoms with Crippen molar-refractivity contribution in [3.05, 3.63) is 94.0 Å². The molecule has 12 heteroatoms. The lowest BCUT2D eigenvalue weighted by atomic mass is 10.2. The quantitative estimate of drug-likeness (QED) is 0.146. The van der Waals surface area contributed by atoms with E-state index in [1.807, 2.05) is 24.3 Å². The first-order chi connectivity index (χ1) is 19.0. The fourth-order valence-corrected chi connectivity index (χ4v) is 4.15. The average molecular weight is 566 g/mol. The minimum atomic E-state index is -0.403. The van der Waals surface area contributed by atoms with Crippen LogP contribution in [0.15, 0.2) is 77.9 Å². The van der Waals surface area contributed by atoms with Crippen molar-refractivity contribution in [3.63, 3.8) is 0 Å². The summed E-state index contributed by atoms with van der Waals surface area (Å²) in [5.41, 5.74) is 3.52. The molecule has 0 aliphatic carbocycles. The summed E-state index contributed by atoms with van der Waals surface area (Å²) >= 11 is 7.23. The number of nitrogens with zero attached hydrogens (tertiary/aromatic N) is 3. The van der Waals surface area contributed by atoms with Gasteiger partial charge in [-0.2, -0.15) is 5.10 Å². The van der Waals surface area contributed by atoms with Gasteiger partial charge in [0.1, 0.15) is 35.5 Å². The third-order valence-electron chi connectivity index (χ3n) is 5.05. The Morgan fingerprint density at radius 3 is 2.59 bits per heavy atom. The van der Waals surface area contributed by atoms with Crippen LogP contribution < -0.4 is 25.0 Å². The number of halogens is 1. The molecule has 0 saturated heterocycles. The zero-order valence-electron chi connectivity index (χ0n) is 20.8. The second kappa shape index (κ2) is 13.9. The number of ether oxygens (including phenoxy) is 3. The fourth-order valence-electron chi connectivity index (χ4n) is 3.24. The van der Waals surface area contributed by atoms with Crippen LogP contribution in [0.5, 0.6) is 17.2 Å². The molecule has 0 saturated carbocycles. The van der Waals surface area contributed by atoms with Gasteiger partial charge in [-0.25, -0.2) is 5.43 Å². The minimum Gasteiger partial charge on any atom is -0.497 e. The molecule has 3 aromatic carbocycles. The van der Waals surface area contributed by atoms with E-state index in [4.69, 9.17) is 25.8 Å². The maximum absolute atomic E-state index is 12.3. The van der Waals surface area contributed by atoms with Gasteiger partial charge in [-0.3, -0.25) is 14.9 Å². The highest BCUT2D eigenvalue weighted by Crippen LogP contribution is 2.22. The monoisotopic (exact) mass is 565 g/mol. The maximum Gasteiger partial charge on any atom is 0.257 e. The molecule has 4 aromatic rings. The molecule has 0 spiro atoms. The Labute approximate surface area is 233 Å². The Balaban J connectivity index is 1.26. The second-order valence-electron chi connectivity index (χ2n) is 7.85. The zero-order valence-corrected chi connectivity index (χ0v) is 22.4. The number of methoxy groups -OCH3 is 1. The van der Waals surface area contributed by atoms with Crippen molar-refractivity contribution < 1.29 is 23.8 Å². The summed E-state index contributed by atoms with van der Waals surface area (Å²) in [7, 11) is 1.59. The molecule has 0 unspecified atom stereocenters. The predicted octanol–water partition coefficient (Wildman–Crippen LogP) is 4.60. The molecule has 0 fully saturated rings. The van der Waals surface area contributed by atoms with Gasteiger partial charge in [-0.1, -0.05) is 47.2 Å². The molecule has 10 nitrogen and oxygen atoms in total. The number of anilines is 1. The van der Waals surface area contributed by atoms with E-state index < -0.39 is 5.91 Å². The van der Waals surface area contributed by atoms with E-state index >= 15 is 0 Å². The first-order valence-corrected chi connectivity index (χ1v) is 12.9. The summed E-state index contributed by atoms with van der Waals surface area (Å²) in [6.07, 6.45) is 1.38. The van der Waals surface area contributed by atoms with E-state index in [1.54, 1.807) is 55.6 Å². The van der Waals surface area contributed by atoms with Crippen molar-refractivity contribution in [2.45, 2.75) is 6.42 Å². The second-order valence-corrected chi connectivity index (χ2v) is 9.35. The molecule has 2 N–H and O–H groups in total. The molecule has 0 aliphatic heterocycles. The van der Waals surface area contributed by atoms with Gasteiger partial charge >= 0.3 is 0 Å². The molecule has 200 valence electrons. The molecule has 0 radical (unpaired) electrons. The van der Waals surface area contributed by atoms with Crippen molar-refractivity contribution in [1.29, 1.82) is 0 Å². The van der Waals surface area contributed by atoms with Crippen LogP contribution in [0.1, 0.15) is 20.9 Å². The Morgan fingerprint density at radius 2 is 1.77 bits per heavy atom. The van der Waals surface area contributed by atoms with Crippen LogP contribution in [0.3, 0.4) is 0 Å². The Morgan fingerprint density at radius 1 is 0.974 bits per heavy atom. The van der Waals surface area contributed by atoms with Crippen LogP contribution in [-0.2, 0) is 11.2 Å². The van der Waals surface area contributed by atoms with Crippen LogP contribution in [0.2, 0.25) is 5.02 Å². The van der Waals surface area contributed by atoms with Gasteiger partial charge in [-0.15, -0.1) is 10.2 Å². The van der Waals surface area contributed by atoms with E-state index in [2.05, 4.69) is 26.0 Å². The molecule has 0 aliphatic rings. The van der Waals surface area contributed by atoms with Crippen molar-refractivity contribution in [2.75, 3.05) is 25.6 Å². The number of rotatable bonds is 12. The topological polar surface area (TPSA) is 124 Å². The van der Waals surface area contributed by atoms with Crippen LogP contribution in [0.25, 0.3) is 0 Å². The van der Waals surface area contributed by atoms with Crippen molar-refractivity contribution in [3.8, 4) is 17.2 Å². The smallest absolute Gasteiger partial charge is 0.257 e. The predicted molar refractivity (Wildman–Crippen MR) is 149 cm³/mol. The lowest BCUT2D eigenvalue weighted by Crippen LogP contribution is -2.19. The number of hydrogen-bond donors (Lipinski definition) is 2. The Hall–Kier alpha value is -4.48. The summed E-state index contributed by atoms with van der Waals surface area (Å²) in [6, 6.07) is 21.1. The molecule has 1 heterocycles. The summed E-state index contributed by atoms with van der Waals surface area (Å²) in [4.78, 5) is 24.6. The number of aromatic nitrogens is 2. The highest BCUT2D eigenvalue weighted by Gasteiger charge is 2.12. The molecule has 1 aromatic heterocycles. The van der Waals surface area contributed by atoms with Crippen molar-refractivity contribution in [2.24, 2.45) is 5.10 Å². The molecule has 2 amide bonds. The molecule has 0 bridgehead atoms. The van der Waals surface area contributed by atoms with Gasteiger partial charge in [0, 0.05) is 22.2 Å². The number of hydrazone groups is 1. The SMILES string of the molecule is COc1cccc(OCCOc2ccc(Cl)cc2C=NNC(=O)Cc2nnc(NC(=O)c3ccccc3)s2)c1. The third-order valence-corrected chi connectivity index (χ3v) is 6.12. The average Bonchev–Trinajstić information content (AvgIpc) is 3.38. The third kappa shape index (κ3) is 8.52. The van der Waals surface area contributed by atoms with Gasteiger partial charge in [0.15, 0.2) is 0 Å². The van der Waals surface area contributed by atoms with E-state index in [0.717, 1.165) is 11.3 Å². The van der Waals surface area contributed by atoms with Crippen LogP contribution in [0.4, 0.5) is 5.13 Å². The number of amides is 2. The van der Waals surface area contributed by atoms with Gasteiger partial charge in [0.25, 0.3) is 5.91 Å². The number of hydrogen-bond acceptors (Lipinski definition) is 9. The maximum atomic E-state index is 12.3. The summed E-state index contributed by atoms with van der Waals surface area (Å²) < 4.78 is 16.7. The van der Waals surface area contributed by atoms with E-state index in [9.17, 15) is 9.59 Å². The summed E-state index contributed by atoms with van der Waals surface area (Å²) in [5, 5.41) is 15.8. The lowest BCUT2D eigenvalue weighted by molar-refractivity contribution is -0.120. The van der Waals surface area contributed by atoms with E-state index in [0.29, 0.717) is 50.1 Å². The van der Waals surface area contributed by atoms with Gasteiger partial charge in [0.2, 0.25) is 11.0 Å². The molecular formula is C27H24ClN5O5S. The van der Waals surface area contributed by atoms with Crippen molar-refractivity contribution in [1.82, 2.24) is 15.6 Å². The molecule has 39 heavy (non-hydrogen) atoms. The van der Waals surface area contributed by atoms with Gasteiger partial charge in [0.05, 0.1) is 19.7 Å². The van der Waals surface area contributed by atoms with Gasteiger partial charge < -0.3 is 14.2 Å². The van der Waals surface area contributed by atoms with Crippen LogP contribution >= 0.6 is 22.9 Å². The lowest BCUT2D eigenvalue weighted by Gasteiger charge is -2.11. The Bertz CT molecular complexity index is 1450.